The standard InChI is InChI=1S/C27H27NO5/c1-19(29)18-25(2,31)16-17-32-24(30)28-22-13-8-7-12-21(22)27-20-10-5-3-4-6-14-23(28)26(27,33-27)15-9-11-20/h3-4,7-8,12-13,20,23,31H,9,11,15-18H2,1-2H3/b4-3-/t20-,23+,25?,26+,27-/m1/s1. The van der Waals surface area contributed by atoms with Crippen molar-refractivity contribution in [3.8, 4) is 23.7 Å². The van der Waals surface area contributed by atoms with Crippen LogP contribution in [0.2, 0.25) is 0 Å². The van der Waals surface area contributed by atoms with Crippen molar-refractivity contribution >= 4 is 17.6 Å². The molecule has 2 heterocycles. The minimum Gasteiger partial charge on any atom is -0.449 e. The number of rotatable bonds is 5. The number of benzene rings is 1. The first kappa shape index (κ1) is 21.8. The summed E-state index contributed by atoms with van der Waals surface area (Å²) < 4.78 is 12.2. The first-order valence-corrected chi connectivity index (χ1v) is 11.5. The van der Waals surface area contributed by atoms with Gasteiger partial charge in [-0.1, -0.05) is 41.9 Å². The molecule has 6 heteroatoms. The maximum atomic E-state index is 13.4. The third-order valence-electron chi connectivity index (χ3n) is 7.15. The number of carbonyl (C=O) groups excluding carboxylic acids is 2. The van der Waals surface area contributed by atoms with Gasteiger partial charge in [0.05, 0.1) is 23.8 Å². The molecule has 2 aliphatic carbocycles. The number of hydrogen-bond acceptors (Lipinski definition) is 5. The van der Waals surface area contributed by atoms with Crippen LogP contribution in [0.15, 0.2) is 36.4 Å². The molecular formula is C27H27NO5. The average Bonchev–Trinajstić information content (AvgIpc) is 3.47. The Kier molecular flexibility index (Phi) is 5.12. The number of fused-ring (bicyclic) bond motifs is 1. The summed E-state index contributed by atoms with van der Waals surface area (Å²) in [7, 11) is 0. The summed E-state index contributed by atoms with van der Waals surface area (Å²) in [5.74, 6) is 12.7. The molecule has 1 aromatic rings. The summed E-state index contributed by atoms with van der Waals surface area (Å²) in [6.45, 7) is 3.00. The van der Waals surface area contributed by atoms with Crippen LogP contribution in [0, 0.1) is 29.6 Å². The van der Waals surface area contributed by atoms with Crippen LogP contribution in [0.4, 0.5) is 10.5 Å². The predicted octanol–water partition coefficient (Wildman–Crippen LogP) is 3.47. The zero-order chi connectivity index (χ0) is 23.3. The number of carbonyl (C=O) groups is 2. The molecule has 5 rings (SSSR count). The Bertz CT molecular complexity index is 1160. The van der Waals surface area contributed by atoms with Crippen LogP contribution in [0.3, 0.4) is 0 Å². The van der Waals surface area contributed by atoms with E-state index in [1.807, 2.05) is 24.3 Å². The van der Waals surface area contributed by atoms with Crippen molar-refractivity contribution in [3.63, 3.8) is 0 Å². The number of amides is 1. The minimum absolute atomic E-state index is 0.00900. The lowest BCUT2D eigenvalue weighted by Crippen LogP contribution is -2.57. The van der Waals surface area contributed by atoms with E-state index in [-0.39, 0.29) is 31.1 Å². The molecule has 1 aromatic carbocycles. The molecule has 5 atom stereocenters. The lowest BCUT2D eigenvalue weighted by atomic mass is 9.64. The smallest absolute Gasteiger partial charge is 0.415 e. The zero-order valence-corrected chi connectivity index (χ0v) is 18.9. The summed E-state index contributed by atoms with van der Waals surface area (Å²) >= 11 is 0. The Balaban J connectivity index is 1.50. The van der Waals surface area contributed by atoms with Gasteiger partial charge in [-0.15, -0.1) is 0 Å². The molecule has 4 bridgehead atoms. The molecule has 170 valence electrons. The van der Waals surface area contributed by atoms with Gasteiger partial charge in [-0.2, -0.15) is 0 Å². The fourth-order valence-corrected chi connectivity index (χ4v) is 5.82. The number of anilines is 1. The Hall–Kier alpha value is -3.06. The first-order valence-electron chi connectivity index (χ1n) is 11.5. The van der Waals surface area contributed by atoms with Crippen LogP contribution in [0.1, 0.15) is 51.5 Å². The Morgan fingerprint density at radius 2 is 2.03 bits per heavy atom. The highest BCUT2D eigenvalue weighted by atomic mass is 16.6. The van der Waals surface area contributed by atoms with E-state index in [1.54, 1.807) is 24.0 Å². The highest BCUT2D eigenvalue weighted by molar-refractivity contribution is 5.93. The summed E-state index contributed by atoms with van der Waals surface area (Å²) in [5.41, 5.74) is -0.733. The van der Waals surface area contributed by atoms with E-state index in [4.69, 9.17) is 9.47 Å². The largest absolute Gasteiger partial charge is 0.449 e. The quantitative estimate of drug-likeness (QED) is 0.555. The third kappa shape index (κ3) is 3.37. The second-order valence-corrected chi connectivity index (χ2v) is 9.61. The molecule has 1 saturated heterocycles. The van der Waals surface area contributed by atoms with Crippen LogP contribution in [-0.4, -0.2) is 40.8 Å². The second-order valence-electron chi connectivity index (χ2n) is 9.61. The third-order valence-corrected chi connectivity index (χ3v) is 7.15. The van der Waals surface area contributed by atoms with Crippen LogP contribution >= 0.6 is 0 Å². The number of ether oxygens (including phenoxy) is 2. The number of Topliss-reactive ketones (excluding diaryl/α,β-unsaturated/α-hetero) is 1. The van der Waals surface area contributed by atoms with E-state index >= 15 is 0 Å². The van der Waals surface area contributed by atoms with E-state index in [1.165, 1.54) is 6.92 Å². The van der Waals surface area contributed by atoms with Gasteiger partial charge in [0.2, 0.25) is 0 Å². The van der Waals surface area contributed by atoms with E-state index in [2.05, 4.69) is 23.7 Å². The lowest BCUT2D eigenvalue weighted by Gasteiger charge is -2.43. The molecule has 1 amide bonds. The monoisotopic (exact) mass is 445 g/mol. The summed E-state index contributed by atoms with van der Waals surface area (Å²) in [4.78, 5) is 26.4. The van der Waals surface area contributed by atoms with Crippen LogP contribution in [-0.2, 0) is 19.9 Å². The van der Waals surface area contributed by atoms with E-state index < -0.39 is 28.9 Å². The molecule has 1 N–H and O–H groups in total. The fourth-order valence-electron chi connectivity index (χ4n) is 5.82. The molecule has 1 saturated carbocycles. The Morgan fingerprint density at radius 3 is 2.82 bits per heavy atom. The topological polar surface area (TPSA) is 79.4 Å². The number of epoxide rings is 1. The molecule has 6 nitrogen and oxygen atoms in total. The summed E-state index contributed by atoms with van der Waals surface area (Å²) in [6, 6.07) is 7.26. The normalized spacial score (nSPS) is 32.9. The number of allylic oxidation sites excluding steroid dienone is 2. The van der Waals surface area contributed by atoms with Gasteiger partial charge in [0.25, 0.3) is 0 Å². The van der Waals surface area contributed by atoms with E-state index in [0.29, 0.717) is 0 Å². The van der Waals surface area contributed by atoms with E-state index in [0.717, 1.165) is 30.5 Å². The maximum absolute atomic E-state index is 13.4. The number of aliphatic hydroxyl groups is 1. The number of ketones is 1. The second kappa shape index (κ2) is 7.76. The molecular weight excluding hydrogens is 418 g/mol. The SMILES string of the molecule is CC(=O)CC(C)(O)CCOC(=O)N1c2ccccc2[C@@]23O[C@]24CCC[C@H]3C#C/C=C\C#C[C@H]14. The minimum atomic E-state index is -1.23. The molecule has 1 unspecified atom stereocenters. The van der Waals surface area contributed by atoms with Gasteiger partial charge in [-0.25, -0.2) is 4.79 Å². The molecule has 2 aliphatic heterocycles. The lowest BCUT2D eigenvalue weighted by molar-refractivity contribution is -0.121. The van der Waals surface area contributed by atoms with Gasteiger partial charge in [-0.05, 0) is 51.3 Å². The molecule has 0 spiro atoms. The van der Waals surface area contributed by atoms with Crippen molar-refractivity contribution in [2.75, 3.05) is 11.5 Å². The van der Waals surface area contributed by atoms with Gasteiger partial charge in [0.15, 0.2) is 0 Å². The molecule has 0 aromatic heterocycles. The average molecular weight is 446 g/mol. The van der Waals surface area contributed by atoms with Gasteiger partial charge in [0, 0.05) is 18.4 Å². The van der Waals surface area contributed by atoms with Gasteiger partial charge in [0.1, 0.15) is 23.0 Å². The zero-order valence-electron chi connectivity index (χ0n) is 18.9. The van der Waals surface area contributed by atoms with Crippen LogP contribution < -0.4 is 4.90 Å². The Labute approximate surface area is 193 Å². The van der Waals surface area contributed by atoms with Crippen molar-refractivity contribution in [1.82, 2.24) is 0 Å². The number of para-hydroxylation sites is 1. The summed E-state index contributed by atoms with van der Waals surface area (Å²) in [6.07, 6.45) is 5.77. The molecule has 0 radical (unpaired) electrons. The van der Waals surface area contributed by atoms with Gasteiger partial charge < -0.3 is 14.6 Å². The van der Waals surface area contributed by atoms with Gasteiger partial charge in [-0.3, -0.25) is 9.69 Å². The van der Waals surface area contributed by atoms with Crippen molar-refractivity contribution in [2.45, 2.75) is 68.8 Å². The molecule has 33 heavy (non-hydrogen) atoms. The van der Waals surface area contributed by atoms with Crippen LogP contribution in [0.5, 0.6) is 0 Å². The van der Waals surface area contributed by atoms with Crippen LogP contribution in [0.25, 0.3) is 0 Å². The maximum Gasteiger partial charge on any atom is 0.415 e. The van der Waals surface area contributed by atoms with Crippen molar-refractivity contribution < 1.29 is 24.2 Å². The van der Waals surface area contributed by atoms with Crippen molar-refractivity contribution in [1.29, 1.82) is 0 Å². The fraction of sp³-hybridized carbons (Fsp3) is 0.481. The highest BCUT2D eigenvalue weighted by Gasteiger charge is 2.81. The highest BCUT2D eigenvalue weighted by Crippen LogP contribution is 2.72. The van der Waals surface area contributed by atoms with Crippen molar-refractivity contribution in [2.24, 2.45) is 5.92 Å². The van der Waals surface area contributed by atoms with Crippen molar-refractivity contribution in [3.05, 3.63) is 42.0 Å². The number of nitrogens with zero attached hydrogens (tertiary/aromatic N) is 1. The molecule has 2 fully saturated rings. The number of hydrogen-bond donors (Lipinski definition) is 1. The predicted molar refractivity (Wildman–Crippen MR) is 122 cm³/mol. The van der Waals surface area contributed by atoms with E-state index in [9.17, 15) is 14.7 Å². The summed E-state index contributed by atoms with van der Waals surface area (Å²) in [5, 5.41) is 10.4. The Morgan fingerprint density at radius 1 is 1.27 bits per heavy atom. The molecule has 4 aliphatic rings. The van der Waals surface area contributed by atoms with Gasteiger partial charge >= 0.3 is 6.09 Å². The first-order chi connectivity index (χ1) is 15.8.